The highest BCUT2D eigenvalue weighted by molar-refractivity contribution is 5.93. The van der Waals surface area contributed by atoms with Gasteiger partial charge in [0, 0.05) is 44.2 Å². The second-order valence-corrected chi connectivity index (χ2v) is 7.13. The number of amides is 2. The van der Waals surface area contributed by atoms with Crippen LogP contribution in [0, 0.1) is 0 Å². The Balaban J connectivity index is 1.47. The molecule has 0 saturated carbocycles. The number of benzene rings is 1. The number of nitrogens with one attached hydrogen (secondary N) is 1. The molecule has 3 rings (SSSR count). The fraction of sp³-hybridized carbons (Fsp3) is 0.600. The largest absolute Gasteiger partial charge is 0.341 e. The molecule has 0 aliphatic carbocycles. The van der Waals surface area contributed by atoms with Gasteiger partial charge in [-0.1, -0.05) is 19.1 Å². The third-order valence-corrected chi connectivity index (χ3v) is 5.34. The highest BCUT2D eigenvalue weighted by Crippen LogP contribution is 2.21. The zero-order valence-corrected chi connectivity index (χ0v) is 15.2. The molecule has 136 valence electrons. The van der Waals surface area contributed by atoms with Crippen LogP contribution in [0.25, 0.3) is 0 Å². The molecule has 2 saturated heterocycles. The molecule has 5 nitrogen and oxygen atoms in total. The SMILES string of the molecule is CCc1cccc(NC(=O)CCC(=O)N2CCCN3CCC[C@H]3C2)c1. The molecule has 1 atom stereocenters. The Morgan fingerprint density at radius 1 is 1.16 bits per heavy atom. The van der Waals surface area contributed by atoms with E-state index >= 15 is 0 Å². The lowest BCUT2D eigenvalue weighted by Crippen LogP contribution is -2.39. The van der Waals surface area contributed by atoms with Crippen LogP contribution in [0.15, 0.2) is 24.3 Å². The van der Waals surface area contributed by atoms with E-state index in [1.54, 1.807) is 0 Å². The Bertz CT molecular complexity index is 617. The van der Waals surface area contributed by atoms with Crippen LogP contribution in [-0.4, -0.2) is 53.8 Å². The summed E-state index contributed by atoms with van der Waals surface area (Å²) in [7, 11) is 0. The minimum Gasteiger partial charge on any atom is -0.341 e. The molecule has 2 amide bonds. The van der Waals surface area contributed by atoms with Gasteiger partial charge in [-0.05, 0) is 49.9 Å². The summed E-state index contributed by atoms with van der Waals surface area (Å²) >= 11 is 0. The molecule has 0 radical (unpaired) electrons. The van der Waals surface area contributed by atoms with E-state index in [-0.39, 0.29) is 18.2 Å². The summed E-state index contributed by atoms with van der Waals surface area (Å²) in [5.41, 5.74) is 2.01. The summed E-state index contributed by atoms with van der Waals surface area (Å²) in [6.45, 7) is 6.02. The van der Waals surface area contributed by atoms with Crippen LogP contribution < -0.4 is 5.32 Å². The smallest absolute Gasteiger partial charge is 0.224 e. The maximum Gasteiger partial charge on any atom is 0.224 e. The van der Waals surface area contributed by atoms with Crippen molar-refractivity contribution in [3.8, 4) is 0 Å². The second-order valence-electron chi connectivity index (χ2n) is 7.13. The van der Waals surface area contributed by atoms with Gasteiger partial charge in [0.15, 0.2) is 0 Å². The zero-order valence-electron chi connectivity index (χ0n) is 15.2. The van der Waals surface area contributed by atoms with E-state index in [9.17, 15) is 9.59 Å². The van der Waals surface area contributed by atoms with Crippen LogP contribution in [-0.2, 0) is 16.0 Å². The topological polar surface area (TPSA) is 52.7 Å². The molecule has 1 aromatic rings. The number of nitrogens with zero attached hydrogens (tertiary/aromatic N) is 2. The first kappa shape index (κ1) is 17.9. The van der Waals surface area contributed by atoms with E-state index in [1.807, 2.05) is 29.2 Å². The summed E-state index contributed by atoms with van der Waals surface area (Å²) in [6.07, 6.45) is 4.96. The summed E-state index contributed by atoms with van der Waals surface area (Å²) < 4.78 is 0. The van der Waals surface area contributed by atoms with Crippen molar-refractivity contribution in [1.29, 1.82) is 0 Å². The molecule has 0 bridgehead atoms. The van der Waals surface area contributed by atoms with Crippen molar-refractivity contribution in [2.45, 2.75) is 51.5 Å². The summed E-state index contributed by atoms with van der Waals surface area (Å²) in [4.78, 5) is 29.2. The molecular formula is C20H29N3O2. The number of carbonyl (C=O) groups excluding carboxylic acids is 2. The maximum atomic E-state index is 12.5. The average Bonchev–Trinajstić information content (AvgIpc) is 2.96. The number of hydrogen-bond donors (Lipinski definition) is 1. The first-order chi connectivity index (χ1) is 12.2. The number of rotatable bonds is 5. The average molecular weight is 343 g/mol. The van der Waals surface area contributed by atoms with Gasteiger partial charge in [0.25, 0.3) is 0 Å². The van der Waals surface area contributed by atoms with E-state index in [1.165, 1.54) is 24.9 Å². The molecule has 25 heavy (non-hydrogen) atoms. The molecule has 2 heterocycles. The third kappa shape index (κ3) is 4.82. The minimum atomic E-state index is -0.0843. The van der Waals surface area contributed by atoms with Gasteiger partial charge in [-0.15, -0.1) is 0 Å². The third-order valence-electron chi connectivity index (χ3n) is 5.34. The van der Waals surface area contributed by atoms with E-state index in [2.05, 4.69) is 17.1 Å². The maximum absolute atomic E-state index is 12.5. The first-order valence-electron chi connectivity index (χ1n) is 9.56. The van der Waals surface area contributed by atoms with Crippen molar-refractivity contribution in [3.63, 3.8) is 0 Å². The Labute approximate surface area is 150 Å². The number of fused-ring (bicyclic) bond motifs is 1. The number of hydrogen-bond acceptors (Lipinski definition) is 3. The molecule has 2 aliphatic heterocycles. The molecule has 5 heteroatoms. The van der Waals surface area contributed by atoms with Crippen LogP contribution in [0.4, 0.5) is 5.69 Å². The Kier molecular flexibility index (Phi) is 6.08. The van der Waals surface area contributed by atoms with E-state index in [0.717, 1.165) is 38.2 Å². The standard InChI is InChI=1S/C20H29N3O2/c1-2-16-6-3-7-17(14-16)21-19(24)9-10-20(25)23-13-5-12-22-11-4-8-18(22)15-23/h3,6-7,14,18H,2,4-5,8-13,15H2,1H3,(H,21,24)/t18-/m0/s1. The highest BCUT2D eigenvalue weighted by Gasteiger charge is 2.30. The Hall–Kier alpha value is -1.88. The van der Waals surface area contributed by atoms with Crippen LogP contribution in [0.2, 0.25) is 0 Å². The van der Waals surface area contributed by atoms with Gasteiger partial charge in [0.05, 0.1) is 0 Å². The second kappa shape index (κ2) is 8.48. The van der Waals surface area contributed by atoms with Gasteiger partial charge in [0.1, 0.15) is 0 Å². The van der Waals surface area contributed by atoms with E-state index < -0.39 is 0 Å². The van der Waals surface area contributed by atoms with Gasteiger partial charge < -0.3 is 10.2 Å². The molecule has 1 aromatic carbocycles. The zero-order chi connectivity index (χ0) is 17.6. The van der Waals surface area contributed by atoms with Crippen molar-refractivity contribution in [3.05, 3.63) is 29.8 Å². The van der Waals surface area contributed by atoms with Crippen LogP contribution in [0.5, 0.6) is 0 Å². The molecule has 0 unspecified atom stereocenters. The van der Waals surface area contributed by atoms with Gasteiger partial charge in [-0.3, -0.25) is 14.5 Å². The van der Waals surface area contributed by atoms with Crippen LogP contribution >= 0.6 is 0 Å². The lowest BCUT2D eigenvalue weighted by Gasteiger charge is -2.25. The van der Waals surface area contributed by atoms with Crippen molar-refractivity contribution in [2.75, 3.05) is 31.5 Å². The quantitative estimate of drug-likeness (QED) is 0.894. The monoisotopic (exact) mass is 343 g/mol. The molecule has 2 fully saturated rings. The highest BCUT2D eigenvalue weighted by atomic mass is 16.2. The van der Waals surface area contributed by atoms with Crippen molar-refractivity contribution in [2.24, 2.45) is 0 Å². The van der Waals surface area contributed by atoms with Gasteiger partial charge >= 0.3 is 0 Å². The predicted octanol–water partition coefficient (Wildman–Crippen LogP) is 2.66. The van der Waals surface area contributed by atoms with Crippen LogP contribution in [0.1, 0.15) is 44.6 Å². The van der Waals surface area contributed by atoms with Crippen LogP contribution in [0.3, 0.4) is 0 Å². The minimum absolute atomic E-state index is 0.0843. The molecular weight excluding hydrogens is 314 g/mol. The van der Waals surface area contributed by atoms with E-state index in [4.69, 9.17) is 0 Å². The number of anilines is 1. The summed E-state index contributed by atoms with van der Waals surface area (Å²) in [5, 5.41) is 2.91. The summed E-state index contributed by atoms with van der Waals surface area (Å²) in [5.74, 6) is 0.0325. The van der Waals surface area contributed by atoms with Crippen molar-refractivity contribution in [1.82, 2.24) is 9.80 Å². The lowest BCUT2D eigenvalue weighted by molar-refractivity contribution is -0.133. The lowest BCUT2D eigenvalue weighted by atomic mass is 10.1. The predicted molar refractivity (Wildman–Crippen MR) is 99.5 cm³/mol. The normalized spacial score (nSPS) is 20.8. The van der Waals surface area contributed by atoms with Gasteiger partial charge in [-0.2, -0.15) is 0 Å². The Morgan fingerprint density at radius 3 is 2.84 bits per heavy atom. The fourth-order valence-corrected chi connectivity index (χ4v) is 3.90. The number of carbonyl (C=O) groups is 2. The van der Waals surface area contributed by atoms with Crippen molar-refractivity contribution < 1.29 is 9.59 Å². The first-order valence-corrected chi connectivity index (χ1v) is 9.56. The Morgan fingerprint density at radius 2 is 2.00 bits per heavy atom. The molecule has 0 spiro atoms. The molecule has 0 aromatic heterocycles. The van der Waals surface area contributed by atoms with Gasteiger partial charge in [0.2, 0.25) is 11.8 Å². The fourth-order valence-electron chi connectivity index (χ4n) is 3.90. The molecule has 2 aliphatic rings. The number of aryl methyl sites for hydroxylation is 1. The summed E-state index contributed by atoms with van der Waals surface area (Å²) in [6, 6.07) is 8.40. The van der Waals surface area contributed by atoms with Gasteiger partial charge in [-0.25, -0.2) is 0 Å². The van der Waals surface area contributed by atoms with E-state index in [0.29, 0.717) is 12.5 Å². The van der Waals surface area contributed by atoms with Crippen molar-refractivity contribution >= 4 is 17.5 Å². The molecule has 1 N–H and O–H groups in total.